The monoisotopic (exact) mass is 194 g/mol. The van der Waals surface area contributed by atoms with Crippen LogP contribution in [0.2, 0.25) is 0 Å². The number of rotatable bonds is 2. The van der Waals surface area contributed by atoms with Crippen LogP contribution in [0.1, 0.15) is 0 Å². The van der Waals surface area contributed by atoms with Crippen LogP contribution in [0.4, 0.5) is 0 Å². The Morgan fingerprint density at radius 2 is 1.80 bits per heavy atom. The Hall–Kier alpha value is 1.22. The molecule has 0 aliphatic rings. The first-order chi connectivity index (χ1) is 3.85. The Kier molecular flexibility index (Phi) is 6.85. The Morgan fingerprint density at radius 1 is 1.50 bits per heavy atom. The van der Waals surface area contributed by atoms with Gasteiger partial charge >= 0.3 is 59.0 Å². The number of hydrogen-bond acceptors (Lipinski definition) is 4. The molecule has 3 N–H and O–H groups in total. The fourth-order valence-electron chi connectivity index (χ4n) is 0.137. The Balaban J connectivity index is 0. The predicted octanol–water partition coefficient (Wildman–Crippen LogP) is -5.76. The second kappa shape index (κ2) is 4.97. The van der Waals surface area contributed by atoms with Crippen LogP contribution in [0.15, 0.2) is 0 Å². The van der Waals surface area contributed by atoms with E-state index < -0.39 is 19.4 Å². The van der Waals surface area contributed by atoms with Gasteiger partial charge in [-0.25, -0.2) is 0 Å². The normalized spacial score (nSPS) is 13.5. The first kappa shape index (κ1) is 13.8. The zero-order valence-electron chi connectivity index (χ0n) is 5.09. The maximum absolute atomic E-state index is 9.80. The fraction of sp³-hybridized carbons (Fsp3) is 0.500. The van der Waals surface area contributed by atoms with Crippen molar-refractivity contribution in [2.75, 3.05) is 0 Å². The Bertz CT molecular complexity index is 161. The predicted molar refractivity (Wildman–Crippen MR) is 23.1 cm³/mol. The molecular weight excluding hydrogens is 190 g/mol. The van der Waals surface area contributed by atoms with Gasteiger partial charge in [-0.05, 0) is 0 Å². The van der Waals surface area contributed by atoms with E-state index in [9.17, 15) is 14.5 Å². The molecule has 0 aromatic heterocycles. The third kappa shape index (κ3) is 4.95. The number of aliphatic hydroxyl groups is 1. The molecule has 0 radical (unpaired) electrons. The molecule has 0 saturated carbocycles. The number of aliphatic carboxylic acids is 1. The van der Waals surface area contributed by atoms with Crippen LogP contribution in [0.5, 0.6) is 0 Å². The molecule has 0 amide bonds. The van der Waals surface area contributed by atoms with Gasteiger partial charge in [0.15, 0.2) is 5.85 Å². The van der Waals surface area contributed by atoms with Crippen molar-refractivity contribution in [1.29, 1.82) is 0 Å². The summed E-state index contributed by atoms with van der Waals surface area (Å²) < 4.78 is 9.80. The van der Waals surface area contributed by atoms with Crippen molar-refractivity contribution in [3.05, 3.63) is 0 Å². The topological polar surface area (TPSA) is 118 Å². The van der Waals surface area contributed by atoms with E-state index in [0.717, 1.165) is 0 Å². The van der Waals surface area contributed by atoms with Crippen molar-refractivity contribution >= 4 is 13.6 Å². The zero-order valence-corrected chi connectivity index (χ0v) is 9.11. The molecule has 0 bridgehead atoms. The molecule has 0 aliphatic heterocycles. The second-order valence-corrected chi connectivity index (χ2v) is 2.95. The molecule has 0 aromatic carbocycles. The van der Waals surface area contributed by atoms with Crippen molar-refractivity contribution in [3.8, 4) is 0 Å². The van der Waals surface area contributed by atoms with E-state index in [4.69, 9.17) is 14.9 Å². The van der Waals surface area contributed by atoms with E-state index in [1.54, 1.807) is 0 Å². The first-order valence-corrected chi connectivity index (χ1v) is 3.48. The van der Waals surface area contributed by atoms with Crippen molar-refractivity contribution in [3.63, 3.8) is 0 Å². The minimum Gasteiger partial charge on any atom is -0.547 e. The van der Waals surface area contributed by atoms with Gasteiger partial charge in [-0.15, -0.1) is 0 Å². The molecule has 6 nitrogen and oxygen atoms in total. The largest absolute Gasteiger partial charge is 1.00 e. The molecule has 10 heavy (non-hydrogen) atoms. The van der Waals surface area contributed by atoms with Crippen LogP contribution < -0.4 is 56.5 Å². The molecule has 0 rings (SSSR count). The molecule has 0 heterocycles. The first-order valence-electron chi connectivity index (χ1n) is 1.80. The van der Waals surface area contributed by atoms with Crippen LogP contribution in [-0.2, 0) is 9.36 Å². The summed E-state index contributed by atoms with van der Waals surface area (Å²) in [5, 5.41) is 17.5. The molecule has 1 atom stereocenters. The summed E-state index contributed by atoms with van der Waals surface area (Å²) in [6.45, 7) is 0. The summed E-state index contributed by atoms with van der Waals surface area (Å²) in [6, 6.07) is 0. The molecule has 0 saturated heterocycles. The zero-order chi connectivity index (χ0) is 7.65. The van der Waals surface area contributed by atoms with Gasteiger partial charge < -0.3 is 24.8 Å². The Labute approximate surface area is 98.8 Å². The average Bonchev–Trinajstić information content (AvgIpc) is 1.62. The van der Waals surface area contributed by atoms with Gasteiger partial charge in [-0.1, -0.05) is 0 Å². The van der Waals surface area contributed by atoms with Crippen molar-refractivity contribution in [2.45, 2.75) is 5.85 Å². The van der Waals surface area contributed by atoms with Gasteiger partial charge in [0, 0.05) is 0 Å². The summed E-state index contributed by atoms with van der Waals surface area (Å²) in [4.78, 5) is 25.3. The summed E-state index contributed by atoms with van der Waals surface area (Å²) in [7, 11) is -4.92. The Morgan fingerprint density at radius 3 is 1.80 bits per heavy atom. The molecule has 8 heteroatoms. The van der Waals surface area contributed by atoms with Gasteiger partial charge in [0.05, 0.1) is 5.97 Å². The summed E-state index contributed by atoms with van der Waals surface area (Å²) in [6.07, 6.45) is 0. The number of carboxylic acid groups (broad SMARTS) is 1. The number of carbonyl (C=O) groups is 1. The standard InChI is InChI=1S/C2H5O6P.K/c3-1(4)2(5)9(6,7)8;/h2,5H,(H,3,4)(H2,6,7,8);/q;+1/p-1. The van der Waals surface area contributed by atoms with Crippen LogP contribution in [-0.4, -0.2) is 26.7 Å². The van der Waals surface area contributed by atoms with E-state index in [1.165, 1.54) is 0 Å². The summed E-state index contributed by atoms with van der Waals surface area (Å²) >= 11 is 0. The van der Waals surface area contributed by atoms with Crippen molar-refractivity contribution in [2.24, 2.45) is 0 Å². The maximum atomic E-state index is 9.80. The quantitative estimate of drug-likeness (QED) is 0.298. The number of carbonyl (C=O) groups excluding carboxylic acids is 1. The van der Waals surface area contributed by atoms with E-state index in [-0.39, 0.29) is 51.4 Å². The van der Waals surface area contributed by atoms with Crippen LogP contribution in [0, 0.1) is 0 Å². The molecule has 0 fully saturated rings. The number of aliphatic hydroxyl groups excluding tert-OH is 1. The molecule has 54 valence electrons. The molecular formula is C2H4KO6P. The van der Waals surface area contributed by atoms with Crippen molar-refractivity contribution in [1.82, 2.24) is 0 Å². The minimum atomic E-state index is -4.92. The number of carboxylic acids is 1. The van der Waals surface area contributed by atoms with Gasteiger partial charge in [-0.2, -0.15) is 0 Å². The van der Waals surface area contributed by atoms with Gasteiger partial charge in [0.25, 0.3) is 0 Å². The minimum absolute atomic E-state index is 0. The average molecular weight is 194 g/mol. The molecule has 0 aliphatic carbocycles. The maximum Gasteiger partial charge on any atom is 1.00 e. The van der Waals surface area contributed by atoms with Crippen LogP contribution in [0.3, 0.4) is 0 Å². The third-order valence-corrected chi connectivity index (χ3v) is 1.38. The van der Waals surface area contributed by atoms with E-state index >= 15 is 0 Å². The van der Waals surface area contributed by atoms with Crippen LogP contribution >= 0.6 is 7.60 Å². The van der Waals surface area contributed by atoms with Gasteiger partial charge in [-0.3, -0.25) is 4.57 Å². The summed E-state index contributed by atoms with van der Waals surface area (Å²) in [5.41, 5.74) is 0. The van der Waals surface area contributed by atoms with Crippen molar-refractivity contribution < 1.29 is 80.7 Å². The van der Waals surface area contributed by atoms with E-state index in [1.807, 2.05) is 0 Å². The fourth-order valence-corrected chi connectivity index (χ4v) is 0.412. The second-order valence-electron chi connectivity index (χ2n) is 1.28. The molecule has 1 unspecified atom stereocenters. The number of hydrogen-bond donors (Lipinski definition) is 3. The molecule has 0 aromatic rings. The van der Waals surface area contributed by atoms with Gasteiger partial charge in [0.1, 0.15) is 0 Å². The van der Waals surface area contributed by atoms with E-state index in [2.05, 4.69) is 0 Å². The summed E-state index contributed by atoms with van der Waals surface area (Å²) in [5.74, 6) is -4.89. The van der Waals surface area contributed by atoms with E-state index in [0.29, 0.717) is 0 Å². The smallest absolute Gasteiger partial charge is 0.547 e. The van der Waals surface area contributed by atoms with Gasteiger partial charge in [0.2, 0.25) is 0 Å². The molecule has 0 spiro atoms. The van der Waals surface area contributed by atoms with Crippen LogP contribution in [0.25, 0.3) is 0 Å². The third-order valence-electron chi connectivity index (χ3n) is 0.529. The SMILES string of the molecule is O=C([O-])C(O)P(=O)(O)O.[K+].